The summed E-state index contributed by atoms with van der Waals surface area (Å²) in [5.74, 6) is 1.35. The molecule has 0 amide bonds. The van der Waals surface area contributed by atoms with E-state index in [2.05, 4.69) is 6.92 Å². The van der Waals surface area contributed by atoms with Gasteiger partial charge < -0.3 is 4.74 Å². The van der Waals surface area contributed by atoms with E-state index in [0.717, 1.165) is 44.4 Å². The van der Waals surface area contributed by atoms with Gasteiger partial charge in [0.25, 0.3) is 0 Å². The second-order valence-corrected chi connectivity index (χ2v) is 7.70. The molecular weight excluding hydrogens is 298 g/mol. The Hall–Kier alpha value is -1.30. The van der Waals surface area contributed by atoms with Crippen molar-refractivity contribution in [3.8, 4) is 6.07 Å². The van der Waals surface area contributed by atoms with Crippen molar-refractivity contribution < 1.29 is 9.53 Å². The Morgan fingerprint density at radius 1 is 1.17 bits per heavy atom. The third-order valence-corrected chi connectivity index (χ3v) is 6.18. The predicted octanol–water partition coefficient (Wildman–Crippen LogP) is 5.90. The van der Waals surface area contributed by atoms with Gasteiger partial charge in [0.1, 0.15) is 6.07 Å². The fraction of sp³-hybridized carbons (Fsp3) is 0.810. The second-order valence-electron chi connectivity index (χ2n) is 7.70. The summed E-state index contributed by atoms with van der Waals surface area (Å²) in [5, 5.41) is 9.20. The normalized spacial score (nSPS) is 27.3. The fourth-order valence-electron chi connectivity index (χ4n) is 4.87. The molecule has 0 heterocycles. The molecule has 2 rings (SSSR count). The van der Waals surface area contributed by atoms with Crippen LogP contribution in [0.15, 0.2) is 11.8 Å². The van der Waals surface area contributed by atoms with Gasteiger partial charge in [-0.25, -0.2) is 0 Å². The Kier molecular flexibility index (Phi) is 7.34. The van der Waals surface area contributed by atoms with E-state index in [1.807, 2.05) is 13.0 Å². The largest absolute Gasteiger partial charge is 0.415 e. The monoisotopic (exact) mass is 331 g/mol. The summed E-state index contributed by atoms with van der Waals surface area (Å²) in [4.78, 5) is 13.1. The summed E-state index contributed by atoms with van der Waals surface area (Å²) in [7, 11) is 0. The summed E-state index contributed by atoms with van der Waals surface area (Å²) >= 11 is 0. The van der Waals surface area contributed by atoms with Crippen LogP contribution in [0.25, 0.3) is 0 Å². The molecule has 24 heavy (non-hydrogen) atoms. The first-order valence-electron chi connectivity index (χ1n) is 9.98. The van der Waals surface area contributed by atoms with Crippen LogP contribution in [0, 0.1) is 28.6 Å². The Morgan fingerprint density at radius 3 is 2.38 bits per heavy atom. The molecule has 3 nitrogen and oxygen atoms in total. The zero-order valence-electron chi connectivity index (χ0n) is 15.5. The van der Waals surface area contributed by atoms with Gasteiger partial charge in [0, 0.05) is 0 Å². The van der Waals surface area contributed by atoms with Crippen LogP contribution < -0.4 is 0 Å². The van der Waals surface area contributed by atoms with Crippen molar-refractivity contribution >= 4 is 5.97 Å². The molecule has 2 aliphatic carbocycles. The molecule has 2 aliphatic rings. The maximum Gasteiger partial charge on any atom is 0.318 e. The quantitative estimate of drug-likeness (QED) is 0.345. The highest BCUT2D eigenvalue weighted by Gasteiger charge is 2.48. The van der Waals surface area contributed by atoms with Crippen LogP contribution in [-0.2, 0) is 9.53 Å². The van der Waals surface area contributed by atoms with Crippen molar-refractivity contribution in [2.75, 3.05) is 0 Å². The third kappa shape index (κ3) is 4.41. The molecule has 0 bridgehead atoms. The van der Waals surface area contributed by atoms with Gasteiger partial charge in [0.2, 0.25) is 5.76 Å². The van der Waals surface area contributed by atoms with Gasteiger partial charge in [-0.1, -0.05) is 58.8 Å². The molecule has 2 saturated carbocycles. The summed E-state index contributed by atoms with van der Waals surface area (Å²) in [6.45, 7) is 4.21. The highest BCUT2D eigenvalue weighted by Crippen LogP contribution is 2.50. The first-order valence-corrected chi connectivity index (χ1v) is 9.98. The minimum atomic E-state index is -0.334. The van der Waals surface area contributed by atoms with E-state index < -0.39 is 0 Å². The number of carbonyl (C=O) groups is 1. The molecule has 0 saturated heterocycles. The molecule has 134 valence electrons. The fourth-order valence-corrected chi connectivity index (χ4v) is 4.87. The van der Waals surface area contributed by atoms with Gasteiger partial charge in [-0.05, 0) is 50.0 Å². The number of allylic oxidation sites excluding steroid dienone is 2. The van der Waals surface area contributed by atoms with Crippen LogP contribution in [0.3, 0.4) is 0 Å². The van der Waals surface area contributed by atoms with Crippen LogP contribution in [0.4, 0.5) is 0 Å². The number of hydrogen-bond donors (Lipinski definition) is 0. The van der Waals surface area contributed by atoms with Crippen molar-refractivity contribution in [1.82, 2.24) is 0 Å². The van der Waals surface area contributed by atoms with E-state index in [9.17, 15) is 10.1 Å². The average Bonchev–Trinajstić information content (AvgIpc) is 2.62. The molecule has 0 N–H and O–H groups in total. The predicted molar refractivity (Wildman–Crippen MR) is 96.0 cm³/mol. The molecule has 2 fully saturated rings. The van der Waals surface area contributed by atoms with Crippen LogP contribution in [0.1, 0.15) is 90.9 Å². The minimum Gasteiger partial charge on any atom is -0.415 e. The van der Waals surface area contributed by atoms with E-state index in [0.29, 0.717) is 12.3 Å². The summed E-state index contributed by atoms with van der Waals surface area (Å²) < 4.78 is 5.57. The number of nitriles is 1. The number of rotatable bonds is 6. The first-order chi connectivity index (χ1) is 11.7. The molecule has 0 aliphatic heterocycles. The topological polar surface area (TPSA) is 50.1 Å². The van der Waals surface area contributed by atoms with Crippen molar-refractivity contribution in [3.05, 3.63) is 11.8 Å². The maximum absolute atomic E-state index is 13.1. The van der Waals surface area contributed by atoms with Crippen LogP contribution in [-0.4, -0.2) is 5.97 Å². The second kappa shape index (κ2) is 9.25. The van der Waals surface area contributed by atoms with Gasteiger partial charge in [-0.2, -0.15) is 5.26 Å². The number of nitrogens with zero attached hydrogens (tertiary/aromatic N) is 1. The molecule has 0 aromatic heterocycles. The Labute approximate surface area is 147 Å². The molecule has 0 aromatic carbocycles. The van der Waals surface area contributed by atoms with E-state index >= 15 is 0 Å². The molecular formula is C21H33NO2. The standard InChI is InChI=1S/C21H33NO2/c1-3-8-17-10-12-18(13-11-17)21(14-6-5-7-15-21)20(23)24-19(16-22)9-4-2/h9,17-18H,3-8,10-15H2,1-2H3. The van der Waals surface area contributed by atoms with Crippen molar-refractivity contribution in [1.29, 1.82) is 5.26 Å². The maximum atomic E-state index is 13.1. The van der Waals surface area contributed by atoms with Crippen molar-refractivity contribution in [3.63, 3.8) is 0 Å². The van der Waals surface area contributed by atoms with E-state index in [4.69, 9.17) is 4.74 Å². The zero-order valence-corrected chi connectivity index (χ0v) is 15.5. The third-order valence-electron chi connectivity index (χ3n) is 6.18. The van der Waals surface area contributed by atoms with Crippen LogP contribution >= 0.6 is 0 Å². The SMILES string of the molecule is CCC=C(C#N)OC(=O)C1(C2CCC(CCC)CC2)CCCCC1. The van der Waals surface area contributed by atoms with Crippen LogP contribution in [0.5, 0.6) is 0 Å². The van der Waals surface area contributed by atoms with E-state index in [1.165, 1.54) is 32.1 Å². The molecule has 0 aromatic rings. The van der Waals surface area contributed by atoms with Gasteiger partial charge >= 0.3 is 5.97 Å². The minimum absolute atomic E-state index is 0.123. The molecule has 3 heteroatoms. The van der Waals surface area contributed by atoms with Crippen molar-refractivity contribution in [2.45, 2.75) is 90.9 Å². The van der Waals surface area contributed by atoms with Gasteiger partial charge in [0.05, 0.1) is 5.41 Å². The number of esters is 1. The first kappa shape index (κ1) is 19.0. The molecule has 0 atom stereocenters. The highest BCUT2D eigenvalue weighted by atomic mass is 16.5. The highest BCUT2D eigenvalue weighted by molar-refractivity contribution is 5.78. The Balaban J connectivity index is 2.10. The van der Waals surface area contributed by atoms with Gasteiger partial charge in [-0.3, -0.25) is 4.79 Å². The van der Waals surface area contributed by atoms with E-state index in [1.54, 1.807) is 6.08 Å². The van der Waals surface area contributed by atoms with E-state index in [-0.39, 0.29) is 17.1 Å². The zero-order chi connectivity index (χ0) is 17.4. The Morgan fingerprint density at radius 2 is 1.83 bits per heavy atom. The summed E-state index contributed by atoms with van der Waals surface area (Å²) in [5.41, 5.74) is -0.334. The lowest BCUT2D eigenvalue weighted by Crippen LogP contribution is -2.43. The van der Waals surface area contributed by atoms with Gasteiger partial charge in [0.15, 0.2) is 0 Å². The van der Waals surface area contributed by atoms with Gasteiger partial charge in [-0.15, -0.1) is 0 Å². The lowest BCUT2D eigenvalue weighted by Gasteiger charge is -2.44. The van der Waals surface area contributed by atoms with Crippen LogP contribution in [0.2, 0.25) is 0 Å². The summed E-state index contributed by atoms with van der Waals surface area (Å²) in [6.07, 6.45) is 15.2. The lowest BCUT2D eigenvalue weighted by molar-refractivity contribution is -0.159. The molecule has 0 radical (unpaired) electrons. The number of ether oxygens (including phenoxy) is 1. The van der Waals surface area contributed by atoms with Crippen molar-refractivity contribution in [2.24, 2.45) is 17.3 Å². The molecule has 0 spiro atoms. The molecule has 0 unspecified atom stereocenters. The number of carbonyl (C=O) groups excluding carboxylic acids is 1. The number of hydrogen-bond acceptors (Lipinski definition) is 3. The smallest absolute Gasteiger partial charge is 0.318 e. The lowest BCUT2D eigenvalue weighted by atomic mass is 9.60. The Bertz CT molecular complexity index is 475. The summed E-state index contributed by atoms with van der Waals surface area (Å²) in [6, 6.07) is 2.03. The average molecular weight is 332 g/mol.